The molecule has 0 aliphatic carbocycles. The van der Waals surface area contributed by atoms with Crippen LogP contribution in [0.25, 0.3) is 16.6 Å². The van der Waals surface area contributed by atoms with Crippen molar-refractivity contribution in [3.8, 4) is 11.4 Å². The largest absolute Gasteiger partial charge is 0.492 e. The minimum atomic E-state index is -4.06. The Morgan fingerprint density at radius 3 is 2.50 bits per heavy atom. The van der Waals surface area contributed by atoms with Crippen LogP contribution in [0.5, 0.6) is 5.75 Å². The number of hydrogen-bond donors (Lipinski definition) is 3. The number of benzene rings is 3. The number of nitrogens with zero attached hydrogens (tertiary/aromatic N) is 1. The summed E-state index contributed by atoms with van der Waals surface area (Å²) in [7, 11) is -4.06. The van der Waals surface area contributed by atoms with E-state index < -0.39 is 27.6 Å². The number of para-hydroxylation sites is 2. The van der Waals surface area contributed by atoms with Gasteiger partial charge in [0.1, 0.15) is 17.1 Å². The van der Waals surface area contributed by atoms with Gasteiger partial charge in [-0.3, -0.25) is 9.59 Å². The van der Waals surface area contributed by atoms with E-state index in [2.05, 4.69) is 15.0 Å². The summed E-state index contributed by atoms with van der Waals surface area (Å²) in [6, 6.07) is 24.0. The molecule has 0 radical (unpaired) electrons. The molecule has 0 saturated carbocycles. The summed E-state index contributed by atoms with van der Waals surface area (Å²) in [5.74, 6) is -1.06. The number of nitrogens with one attached hydrogen (secondary N) is 3. The number of H-pyrrole nitrogens is 1. The summed E-state index contributed by atoms with van der Waals surface area (Å²) >= 11 is 6.40. The van der Waals surface area contributed by atoms with Crippen LogP contribution < -0.4 is 14.8 Å². The minimum absolute atomic E-state index is 0.170. The lowest BCUT2D eigenvalue weighted by atomic mass is 10.1. The Balaban J connectivity index is 1.21. The number of fused-ring (bicyclic) bond motifs is 1. The Labute approximate surface area is 261 Å². The van der Waals surface area contributed by atoms with E-state index in [0.29, 0.717) is 41.5 Å². The van der Waals surface area contributed by atoms with Crippen molar-refractivity contribution in [2.24, 2.45) is 0 Å². The van der Waals surface area contributed by atoms with Crippen molar-refractivity contribution < 1.29 is 22.7 Å². The van der Waals surface area contributed by atoms with Gasteiger partial charge in [0.2, 0.25) is 10.0 Å². The zero-order chi connectivity index (χ0) is 31.3. The zero-order valence-corrected chi connectivity index (χ0v) is 26.0. The fourth-order valence-corrected chi connectivity index (χ4v) is 6.13. The van der Waals surface area contributed by atoms with Gasteiger partial charge >= 0.3 is 0 Å². The van der Waals surface area contributed by atoms with Crippen molar-refractivity contribution in [1.29, 1.82) is 0 Å². The Morgan fingerprint density at radius 1 is 0.955 bits per heavy atom. The summed E-state index contributed by atoms with van der Waals surface area (Å²) in [5.41, 5.74) is 4.72. The Hall–Kier alpha value is -4.54. The quantitative estimate of drug-likeness (QED) is 0.152. The molecule has 228 valence electrons. The lowest BCUT2D eigenvalue weighted by Crippen LogP contribution is -2.38. The molecule has 0 unspecified atom stereocenters. The summed E-state index contributed by atoms with van der Waals surface area (Å²) in [6.07, 6.45) is 2.78. The van der Waals surface area contributed by atoms with E-state index in [0.717, 1.165) is 27.7 Å². The number of carbonyl (C=O) groups is 2. The summed E-state index contributed by atoms with van der Waals surface area (Å²) in [5, 5.41) is 4.03. The van der Waals surface area contributed by atoms with Crippen LogP contribution in [0.1, 0.15) is 44.1 Å². The highest BCUT2D eigenvalue weighted by molar-refractivity contribution is 7.90. The maximum absolute atomic E-state index is 13.2. The van der Waals surface area contributed by atoms with E-state index in [9.17, 15) is 18.0 Å². The van der Waals surface area contributed by atoms with Gasteiger partial charge in [-0.1, -0.05) is 54.1 Å². The van der Waals surface area contributed by atoms with Gasteiger partial charge < -0.3 is 19.6 Å². The van der Waals surface area contributed by atoms with Gasteiger partial charge in [0, 0.05) is 29.3 Å². The van der Waals surface area contributed by atoms with Crippen LogP contribution in [0.15, 0.2) is 85.1 Å². The van der Waals surface area contributed by atoms with Crippen molar-refractivity contribution in [1.82, 2.24) is 19.6 Å². The van der Waals surface area contributed by atoms with Crippen molar-refractivity contribution in [2.45, 2.75) is 26.7 Å². The topological polar surface area (TPSA) is 122 Å². The van der Waals surface area contributed by atoms with Crippen LogP contribution in [0.3, 0.4) is 0 Å². The molecular weight excluding hydrogens is 600 g/mol. The molecule has 3 N–H and O–H groups in total. The summed E-state index contributed by atoms with van der Waals surface area (Å²) in [6.45, 7) is 4.07. The zero-order valence-electron chi connectivity index (χ0n) is 24.4. The fraction of sp³-hybridized carbons (Fsp3) is 0.212. The van der Waals surface area contributed by atoms with E-state index in [1.54, 1.807) is 22.9 Å². The van der Waals surface area contributed by atoms with Gasteiger partial charge in [-0.05, 0) is 79.8 Å². The molecule has 0 saturated heterocycles. The molecular formula is C33H33ClN4O5S. The molecule has 44 heavy (non-hydrogen) atoms. The van der Waals surface area contributed by atoms with Crippen LogP contribution >= 0.6 is 11.6 Å². The fourth-order valence-electron chi connectivity index (χ4n) is 5.11. The van der Waals surface area contributed by atoms with E-state index >= 15 is 0 Å². The number of aromatic amines is 1. The monoisotopic (exact) mass is 632 g/mol. The van der Waals surface area contributed by atoms with Crippen LogP contribution in [-0.2, 0) is 16.4 Å². The van der Waals surface area contributed by atoms with Crippen molar-refractivity contribution in [3.05, 3.63) is 118 Å². The second kappa shape index (κ2) is 13.4. The highest BCUT2D eigenvalue weighted by Gasteiger charge is 2.23. The van der Waals surface area contributed by atoms with Crippen LogP contribution in [0.4, 0.5) is 0 Å². The normalized spacial score (nSPS) is 11.4. The first-order valence-electron chi connectivity index (χ1n) is 14.2. The molecule has 2 aromatic heterocycles. The van der Waals surface area contributed by atoms with Crippen LogP contribution in [-0.4, -0.2) is 48.7 Å². The maximum Gasteiger partial charge on any atom is 0.281 e. The highest BCUT2D eigenvalue weighted by atomic mass is 35.5. The molecule has 9 nitrogen and oxygen atoms in total. The number of aromatic nitrogens is 2. The van der Waals surface area contributed by atoms with Crippen LogP contribution in [0, 0.1) is 13.8 Å². The third kappa shape index (κ3) is 7.15. The Kier molecular flexibility index (Phi) is 9.41. The van der Waals surface area contributed by atoms with Crippen LogP contribution in [0.2, 0.25) is 5.02 Å². The molecule has 5 aromatic rings. The number of carbonyl (C=O) groups excluding carboxylic acids is 2. The van der Waals surface area contributed by atoms with Crippen molar-refractivity contribution in [2.75, 3.05) is 18.9 Å². The third-order valence-corrected chi connectivity index (χ3v) is 8.88. The average molecular weight is 633 g/mol. The molecule has 0 spiro atoms. The first kappa shape index (κ1) is 30.9. The standard InChI is InChI=1S/C33H33ClN4O5S/c1-22-20-23(2)30(34)29(21-22)43-18-9-13-26-25-12-6-7-14-27(25)36-31(26)33(40)37-44(41,42)19-16-35-32(39)28-15-8-17-38(28)24-10-4-3-5-11-24/h3-8,10-12,14-15,17,20-21,36H,9,13,16,18-19H2,1-2H3,(H,35,39)(H,37,40). The average Bonchev–Trinajstić information content (AvgIpc) is 3.63. The number of hydrogen-bond acceptors (Lipinski definition) is 5. The number of aryl methyl sites for hydroxylation is 3. The first-order valence-corrected chi connectivity index (χ1v) is 16.2. The molecule has 2 heterocycles. The predicted molar refractivity (Wildman–Crippen MR) is 172 cm³/mol. The van der Waals surface area contributed by atoms with Crippen molar-refractivity contribution >= 4 is 44.3 Å². The third-order valence-electron chi connectivity index (χ3n) is 7.16. The minimum Gasteiger partial charge on any atom is -0.492 e. The smallest absolute Gasteiger partial charge is 0.281 e. The van der Waals surface area contributed by atoms with Gasteiger partial charge in [-0.25, -0.2) is 13.1 Å². The van der Waals surface area contributed by atoms with Gasteiger partial charge in [-0.2, -0.15) is 0 Å². The lowest BCUT2D eigenvalue weighted by Gasteiger charge is -2.12. The molecule has 5 rings (SSSR count). The molecule has 0 aliphatic heterocycles. The molecule has 0 bridgehead atoms. The Morgan fingerprint density at radius 2 is 1.70 bits per heavy atom. The number of rotatable bonds is 12. The predicted octanol–water partition coefficient (Wildman–Crippen LogP) is 5.73. The van der Waals surface area contributed by atoms with Gasteiger partial charge in [-0.15, -0.1) is 0 Å². The number of amides is 2. The summed E-state index contributed by atoms with van der Waals surface area (Å²) < 4.78 is 35.5. The van der Waals surface area contributed by atoms with Gasteiger partial charge in [0.05, 0.1) is 17.4 Å². The molecule has 3 aromatic carbocycles. The van der Waals surface area contributed by atoms with Gasteiger partial charge in [0.25, 0.3) is 11.8 Å². The summed E-state index contributed by atoms with van der Waals surface area (Å²) in [4.78, 5) is 29.1. The maximum atomic E-state index is 13.2. The number of sulfonamides is 1. The number of halogens is 1. The second-order valence-electron chi connectivity index (χ2n) is 10.5. The molecule has 11 heteroatoms. The Bertz CT molecular complexity index is 1920. The molecule has 0 aliphatic rings. The molecule has 0 fully saturated rings. The van der Waals surface area contributed by atoms with E-state index in [1.165, 1.54) is 0 Å². The number of ether oxygens (including phenoxy) is 1. The van der Waals surface area contributed by atoms with Crippen molar-refractivity contribution in [3.63, 3.8) is 0 Å². The van der Waals surface area contributed by atoms with E-state index in [4.69, 9.17) is 16.3 Å². The molecule has 0 atom stereocenters. The SMILES string of the molecule is Cc1cc(C)c(Cl)c(OCCCc2c(C(=O)NS(=O)(=O)CCNC(=O)c3cccn3-c3ccccc3)[nH]c3ccccc23)c1. The first-order chi connectivity index (χ1) is 21.1. The van der Waals surface area contributed by atoms with Gasteiger partial charge in [0.15, 0.2) is 0 Å². The van der Waals surface area contributed by atoms with E-state index in [1.807, 2.05) is 80.6 Å². The second-order valence-corrected chi connectivity index (χ2v) is 12.7. The van der Waals surface area contributed by atoms with E-state index in [-0.39, 0.29) is 12.2 Å². The molecule has 2 amide bonds. The highest BCUT2D eigenvalue weighted by Crippen LogP contribution is 2.30. The lowest BCUT2D eigenvalue weighted by molar-refractivity contribution is 0.0948.